The number of rotatable bonds is 4. The van der Waals surface area contributed by atoms with Gasteiger partial charge >= 0.3 is 0 Å². The van der Waals surface area contributed by atoms with E-state index in [0.29, 0.717) is 13.2 Å². The topological polar surface area (TPSA) is 61.3 Å². The average molecular weight is 259 g/mol. The van der Waals surface area contributed by atoms with Crippen LogP contribution in [0.2, 0.25) is 0 Å². The molecule has 1 atom stereocenters. The van der Waals surface area contributed by atoms with Crippen molar-refractivity contribution in [1.29, 1.82) is 0 Å². The van der Waals surface area contributed by atoms with Gasteiger partial charge in [0.15, 0.2) is 0 Å². The molecule has 14 heavy (non-hydrogen) atoms. The van der Waals surface area contributed by atoms with Gasteiger partial charge in [0.1, 0.15) is 5.75 Å². The molecule has 1 aromatic rings. The smallest absolute Gasteiger partial charge is 0.124 e. The zero-order valence-corrected chi connectivity index (χ0v) is 9.75. The zero-order chi connectivity index (χ0) is 10.6. The van der Waals surface area contributed by atoms with Crippen LogP contribution in [0, 0.1) is 0 Å². The summed E-state index contributed by atoms with van der Waals surface area (Å²) in [4.78, 5) is 0. The molecule has 0 bridgehead atoms. The Labute approximate surface area is 92.6 Å². The fraction of sp³-hybridized carbons (Fsp3) is 0.400. The summed E-state index contributed by atoms with van der Waals surface area (Å²) < 4.78 is 6.44. The number of ether oxygens (including phenoxy) is 1. The minimum atomic E-state index is -0.172. The fourth-order valence-corrected chi connectivity index (χ4v) is 1.60. The molecule has 0 aliphatic carbocycles. The van der Waals surface area contributed by atoms with Crippen molar-refractivity contribution >= 4 is 15.9 Å². The summed E-state index contributed by atoms with van der Waals surface area (Å²) in [5.74, 6) is 0.814. The Morgan fingerprint density at radius 3 is 2.79 bits per heavy atom. The maximum atomic E-state index is 5.87. The number of benzene rings is 1. The van der Waals surface area contributed by atoms with Gasteiger partial charge in [0.2, 0.25) is 0 Å². The maximum absolute atomic E-state index is 5.87. The summed E-state index contributed by atoms with van der Waals surface area (Å²) in [6, 6.07) is 5.60. The lowest BCUT2D eigenvalue weighted by molar-refractivity contribution is 0.334. The Hall–Kier alpha value is -0.580. The van der Waals surface area contributed by atoms with Crippen LogP contribution in [0.1, 0.15) is 18.5 Å². The second kappa shape index (κ2) is 5.34. The lowest BCUT2D eigenvalue weighted by Gasteiger charge is -2.15. The van der Waals surface area contributed by atoms with Crippen LogP contribution in [0.25, 0.3) is 0 Å². The molecule has 0 spiro atoms. The van der Waals surface area contributed by atoms with Crippen LogP contribution in [-0.4, -0.2) is 13.2 Å². The van der Waals surface area contributed by atoms with E-state index >= 15 is 0 Å². The lowest BCUT2D eigenvalue weighted by atomic mass is 10.1. The van der Waals surface area contributed by atoms with E-state index in [1.54, 1.807) is 0 Å². The highest BCUT2D eigenvalue weighted by molar-refractivity contribution is 9.10. The van der Waals surface area contributed by atoms with Gasteiger partial charge in [0.05, 0.1) is 6.61 Å². The molecule has 0 saturated carbocycles. The molecule has 0 aliphatic rings. The first kappa shape index (κ1) is 11.5. The van der Waals surface area contributed by atoms with Gasteiger partial charge in [0.25, 0.3) is 0 Å². The van der Waals surface area contributed by atoms with Crippen LogP contribution in [0.15, 0.2) is 22.7 Å². The van der Waals surface area contributed by atoms with Crippen LogP contribution in [0.4, 0.5) is 0 Å². The summed E-state index contributed by atoms with van der Waals surface area (Å²) in [7, 11) is 0. The highest BCUT2D eigenvalue weighted by Gasteiger charge is 2.10. The van der Waals surface area contributed by atoms with Gasteiger partial charge < -0.3 is 16.2 Å². The number of hydrogen-bond donors (Lipinski definition) is 2. The zero-order valence-electron chi connectivity index (χ0n) is 8.16. The van der Waals surface area contributed by atoms with Crippen molar-refractivity contribution < 1.29 is 4.74 Å². The highest BCUT2D eigenvalue weighted by Crippen LogP contribution is 2.27. The highest BCUT2D eigenvalue weighted by atomic mass is 79.9. The Kier molecular flexibility index (Phi) is 4.38. The molecular weight excluding hydrogens is 244 g/mol. The molecule has 1 aromatic carbocycles. The van der Waals surface area contributed by atoms with Crippen LogP contribution in [0.5, 0.6) is 5.75 Å². The molecule has 4 N–H and O–H groups in total. The molecule has 78 valence electrons. The van der Waals surface area contributed by atoms with Crippen LogP contribution in [-0.2, 0) is 0 Å². The minimum absolute atomic E-state index is 0.172. The Morgan fingerprint density at radius 1 is 1.50 bits per heavy atom. The first-order chi connectivity index (χ1) is 6.69. The standard InChI is InChI=1S/C10H15BrN2O/c1-2-14-10-4-3-7(11)5-8(10)9(13)6-12/h3-5,9H,2,6,12-13H2,1H3/t9-/m1/s1. The molecule has 0 heterocycles. The van der Waals surface area contributed by atoms with Crippen molar-refractivity contribution in [3.05, 3.63) is 28.2 Å². The molecular formula is C10H15BrN2O. The molecule has 0 fully saturated rings. The van der Waals surface area contributed by atoms with Crippen molar-refractivity contribution in [2.24, 2.45) is 11.5 Å². The summed E-state index contributed by atoms with van der Waals surface area (Å²) >= 11 is 3.39. The van der Waals surface area contributed by atoms with Gasteiger partial charge in [-0.25, -0.2) is 0 Å². The molecule has 0 saturated heterocycles. The summed E-state index contributed by atoms with van der Waals surface area (Å²) in [6.45, 7) is 2.99. The Bertz CT molecular complexity index is 304. The van der Waals surface area contributed by atoms with Gasteiger partial charge in [-0.2, -0.15) is 0 Å². The van der Waals surface area contributed by atoms with Gasteiger partial charge in [-0.3, -0.25) is 0 Å². The largest absolute Gasteiger partial charge is 0.494 e. The molecule has 0 amide bonds. The number of hydrogen-bond acceptors (Lipinski definition) is 3. The molecule has 1 rings (SSSR count). The number of nitrogens with two attached hydrogens (primary N) is 2. The van der Waals surface area contributed by atoms with Gasteiger partial charge in [-0.05, 0) is 25.1 Å². The second-order valence-electron chi connectivity index (χ2n) is 2.96. The molecule has 0 radical (unpaired) electrons. The maximum Gasteiger partial charge on any atom is 0.124 e. The van der Waals surface area contributed by atoms with Crippen LogP contribution >= 0.6 is 15.9 Å². The van der Waals surface area contributed by atoms with E-state index < -0.39 is 0 Å². The first-order valence-corrected chi connectivity index (χ1v) is 5.36. The normalized spacial score (nSPS) is 12.6. The summed E-state index contributed by atoms with van der Waals surface area (Å²) in [5.41, 5.74) is 12.3. The van der Waals surface area contributed by atoms with Gasteiger partial charge in [-0.1, -0.05) is 15.9 Å². The van der Waals surface area contributed by atoms with Gasteiger partial charge in [-0.15, -0.1) is 0 Å². The quantitative estimate of drug-likeness (QED) is 0.866. The third-order valence-corrected chi connectivity index (χ3v) is 2.42. The van der Waals surface area contributed by atoms with Crippen molar-refractivity contribution in [2.75, 3.05) is 13.2 Å². The SMILES string of the molecule is CCOc1ccc(Br)cc1[C@H](N)CN. The summed E-state index contributed by atoms with van der Waals surface area (Å²) in [6.07, 6.45) is 0. The Balaban J connectivity index is 3.02. The predicted molar refractivity (Wildman–Crippen MR) is 61.3 cm³/mol. The van der Waals surface area contributed by atoms with Crippen LogP contribution < -0.4 is 16.2 Å². The third-order valence-electron chi connectivity index (χ3n) is 1.93. The second-order valence-corrected chi connectivity index (χ2v) is 3.87. The average Bonchev–Trinajstić information content (AvgIpc) is 2.20. The molecule has 0 unspecified atom stereocenters. The van der Waals surface area contributed by atoms with E-state index in [2.05, 4.69) is 15.9 Å². The predicted octanol–water partition coefficient (Wildman–Crippen LogP) is 1.81. The monoisotopic (exact) mass is 258 g/mol. The minimum Gasteiger partial charge on any atom is -0.494 e. The fourth-order valence-electron chi connectivity index (χ4n) is 1.22. The molecule has 0 aliphatic heterocycles. The lowest BCUT2D eigenvalue weighted by Crippen LogP contribution is -2.21. The first-order valence-electron chi connectivity index (χ1n) is 4.57. The van der Waals surface area contributed by atoms with Gasteiger partial charge in [0, 0.05) is 22.6 Å². The van der Waals surface area contributed by atoms with Crippen molar-refractivity contribution in [1.82, 2.24) is 0 Å². The van der Waals surface area contributed by atoms with E-state index in [4.69, 9.17) is 16.2 Å². The summed E-state index contributed by atoms with van der Waals surface area (Å²) in [5, 5.41) is 0. The van der Waals surface area contributed by atoms with Crippen molar-refractivity contribution in [3.63, 3.8) is 0 Å². The van der Waals surface area contributed by atoms with E-state index in [1.165, 1.54) is 0 Å². The number of halogens is 1. The Morgan fingerprint density at radius 2 is 2.21 bits per heavy atom. The van der Waals surface area contributed by atoms with Crippen LogP contribution in [0.3, 0.4) is 0 Å². The molecule has 3 nitrogen and oxygen atoms in total. The van der Waals surface area contributed by atoms with E-state index in [-0.39, 0.29) is 6.04 Å². The molecule has 4 heteroatoms. The van der Waals surface area contributed by atoms with E-state index in [1.807, 2.05) is 25.1 Å². The van der Waals surface area contributed by atoms with Crippen molar-refractivity contribution in [2.45, 2.75) is 13.0 Å². The van der Waals surface area contributed by atoms with E-state index in [0.717, 1.165) is 15.8 Å². The van der Waals surface area contributed by atoms with Crippen molar-refractivity contribution in [3.8, 4) is 5.75 Å². The third kappa shape index (κ3) is 2.70. The molecule has 0 aromatic heterocycles. The van der Waals surface area contributed by atoms with E-state index in [9.17, 15) is 0 Å².